The predicted molar refractivity (Wildman–Crippen MR) is 83.2 cm³/mol. The van der Waals surface area contributed by atoms with Gasteiger partial charge in [-0.15, -0.1) is 10.2 Å². The van der Waals surface area contributed by atoms with E-state index in [1.807, 2.05) is 30.3 Å². The number of carbonyl (C=O) groups excluding carboxylic acids is 1. The van der Waals surface area contributed by atoms with Gasteiger partial charge in [0.05, 0.1) is 6.21 Å². The molecule has 0 saturated heterocycles. The third kappa shape index (κ3) is 4.03. The van der Waals surface area contributed by atoms with Crippen LogP contribution < -0.4 is 5.43 Å². The van der Waals surface area contributed by atoms with Crippen LogP contribution in [0.5, 0.6) is 0 Å². The van der Waals surface area contributed by atoms with Crippen LogP contribution in [0.15, 0.2) is 60.0 Å². The molecule has 1 N–H and O–H groups in total. The topological polar surface area (TPSA) is 98.0 Å². The fourth-order valence-corrected chi connectivity index (χ4v) is 1.81. The second-order valence-corrected chi connectivity index (χ2v) is 4.58. The Labute approximate surface area is 131 Å². The van der Waals surface area contributed by atoms with Gasteiger partial charge in [-0.05, 0) is 22.9 Å². The van der Waals surface area contributed by atoms with Crippen LogP contribution in [0.1, 0.15) is 5.56 Å². The lowest BCUT2D eigenvalue weighted by molar-refractivity contribution is -0.122. The Bertz CT molecular complexity index is 799. The van der Waals surface area contributed by atoms with Crippen LogP contribution in [0, 0.1) is 0 Å². The molecule has 0 aliphatic carbocycles. The molecule has 0 aliphatic heterocycles. The molecule has 0 atom stereocenters. The number of pyridine rings is 1. The summed E-state index contributed by atoms with van der Waals surface area (Å²) in [7, 11) is 0. The van der Waals surface area contributed by atoms with Gasteiger partial charge in [-0.1, -0.05) is 30.3 Å². The van der Waals surface area contributed by atoms with E-state index in [-0.39, 0.29) is 12.5 Å². The Morgan fingerprint density at radius 1 is 1.17 bits per heavy atom. The molecule has 8 nitrogen and oxygen atoms in total. The zero-order chi connectivity index (χ0) is 15.9. The number of nitrogens with one attached hydrogen (secondary N) is 1. The summed E-state index contributed by atoms with van der Waals surface area (Å²) < 4.78 is 0. The summed E-state index contributed by atoms with van der Waals surface area (Å²) in [5, 5.41) is 15.8. The van der Waals surface area contributed by atoms with E-state index in [0.717, 1.165) is 11.1 Å². The van der Waals surface area contributed by atoms with Crippen LogP contribution >= 0.6 is 0 Å². The number of amides is 1. The standard InChI is InChI=1S/C15H13N7O/c23-14(18-17-10-12-6-8-16-9-7-12)11-22-20-15(19-21-22)13-4-2-1-3-5-13/h1-10H,11H2,(H,18,23). The van der Waals surface area contributed by atoms with Crippen molar-refractivity contribution < 1.29 is 4.79 Å². The molecule has 0 radical (unpaired) electrons. The highest BCUT2D eigenvalue weighted by molar-refractivity contribution is 5.82. The Balaban J connectivity index is 1.56. The first-order valence-corrected chi connectivity index (χ1v) is 6.86. The maximum Gasteiger partial charge on any atom is 0.263 e. The highest BCUT2D eigenvalue weighted by Crippen LogP contribution is 2.11. The summed E-state index contributed by atoms with van der Waals surface area (Å²) in [6.07, 6.45) is 4.82. The third-order valence-corrected chi connectivity index (χ3v) is 2.88. The Morgan fingerprint density at radius 2 is 1.96 bits per heavy atom. The van der Waals surface area contributed by atoms with Crippen LogP contribution in [0.4, 0.5) is 0 Å². The van der Waals surface area contributed by atoms with E-state index in [2.05, 4.69) is 30.9 Å². The molecule has 1 amide bonds. The summed E-state index contributed by atoms with van der Waals surface area (Å²) in [5.74, 6) is 0.131. The van der Waals surface area contributed by atoms with Gasteiger partial charge in [0.15, 0.2) is 0 Å². The van der Waals surface area contributed by atoms with Crippen LogP contribution in [0.25, 0.3) is 11.4 Å². The lowest BCUT2D eigenvalue weighted by Crippen LogP contribution is -2.24. The summed E-state index contributed by atoms with van der Waals surface area (Å²) in [5.41, 5.74) is 4.09. The molecule has 0 saturated carbocycles. The average Bonchev–Trinajstić information content (AvgIpc) is 3.05. The van der Waals surface area contributed by atoms with Gasteiger partial charge in [-0.3, -0.25) is 9.78 Å². The van der Waals surface area contributed by atoms with E-state index in [4.69, 9.17) is 0 Å². The average molecular weight is 307 g/mol. The summed E-state index contributed by atoms with van der Waals surface area (Å²) in [6.45, 7) is -0.0620. The van der Waals surface area contributed by atoms with Gasteiger partial charge >= 0.3 is 0 Å². The second-order valence-electron chi connectivity index (χ2n) is 4.58. The minimum Gasteiger partial charge on any atom is -0.271 e. The largest absolute Gasteiger partial charge is 0.271 e. The minimum atomic E-state index is -0.340. The molecular weight excluding hydrogens is 294 g/mol. The predicted octanol–water partition coefficient (Wildman–Crippen LogP) is 0.885. The summed E-state index contributed by atoms with van der Waals surface area (Å²) in [6, 6.07) is 13.0. The van der Waals surface area contributed by atoms with Crippen molar-refractivity contribution in [2.24, 2.45) is 5.10 Å². The first-order chi connectivity index (χ1) is 11.3. The van der Waals surface area contributed by atoms with Gasteiger partial charge in [0.2, 0.25) is 5.82 Å². The number of aromatic nitrogens is 5. The third-order valence-electron chi connectivity index (χ3n) is 2.88. The first kappa shape index (κ1) is 14.5. The highest BCUT2D eigenvalue weighted by atomic mass is 16.2. The van der Waals surface area contributed by atoms with E-state index < -0.39 is 0 Å². The number of carbonyl (C=O) groups is 1. The Morgan fingerprint density at radius 3 is 2.74 bits per heavy atom. The van der Waals surface area contributed by atoms with Crippen LogP contribution in [-0.4, -0.2) is 37.3 Å². The molecule has 3 rings (SSSR count). The van der Waals surface area contributed by atoms with Crippen molar-refractivity contribution in [3.8, 4) is 11.4 Å². The van der Waals surface area contributed by atoms with Crippen molar-refractivity contribution in [2.45, 2.75) is 6.54 Å². The normalized spacial score (nSPS) is 10.8. The molecule has 1 aromatic carbocycles. The number of hydrogen-bond donors (Lipinski definition) is 1. The second kappa shape index (κ2) is 7.03. The van der Waals surface area contributed by atoms with E-state index >= 15 is 0 Å². The highest BCUT2D eigenvalue weighted by Gasteiger charge is 2.08. The van der Waals surface area contributed by atoms with E-state index in [9.17, 15) is 4.79 Å². The molecule has 3 aromatic rings. The molecule has 23 heavy (non-hydrogen) atoms. The molecule has 2 heterocycles. The number of rotatable bonds is 5. The molecule has 0 bridgehead atoms. The van der Waals surface area contributed by atoms with Crippen molar-refractivity contribution in [1.29, 1.82) is 0 Å². The fourth-order valence-electron chi connectivity index (χ4n) is 1.81. The molecule has 0 aliphatic rings. The van der Waals surface area contributed by atoms with Crippen LogP contribution in [0.3, 0.4) is 0 Å². The molecule has 0 spiro atoms. The van der Waals surface area contributed by atoms with Gasteiger partial charge in [0, 0.05) is 18.0 Å². The summed E-state index contributed by atoms with van der Waals surface area (Å²) in [4.78, 5) is 16.9. The van der Waals surface area contributed by atoms with Crippen molar-refractivity contribution in [1.82, 2.24) is 30.6 Å². The van der Waals surface area contributed by atoms with Crippen molar-refractivity contribution in [3.05, 3.63) is 60.4 Å². The Hall–Kier alpha value is -3.42. The lowest BCUT2D eigenvalue weighted by Gasteiger charge is -1.98. The number of hydrazone groups is 1. The number of nitrogens with zero attached hydrogens (tertiary/aromatic N) is 6. The van der Waals surface area contributed by atoms with E-state index in [1.165, 1.54) is 11.0 Å². The molecule has 114 valence electrons. The van der Waals surface area contributed by atoms with Crippen molar-refractivity contribution in [2.75, 3.05) is 0 Å². The number of benzene rings is 1. The monoisotopic (exact) mass is 307 g/mol. The quantitative estimate of drug-likeness (QED) is 0.557. The molecule has 0 unspecified atom stereocenters. The molecule has 8 heteroatoms. The Kier molecular flexibility index (Phi) is 4.44. The molecule has 0 fully saturated rings. The molecular formula is C15H13N7O. The SMILES string of the molecule is O=C(Cn1nnc(-c2ccccc2)n1)NN=Cc1ccncc1. The smallest absolute Gasteiger partial charge is 0.263 e. The van der Waals surface area contributed by atoms with Crippen molar-refractivity contribution >= 4 is 12.1 Å². The van der Waals surface area contributed by atoms with Gasteiger partial charge in [-0.2, -0.15) is 9.90 Å². The maximum absolute atomic E-state index is 11.8. The number of hydrogen-bond acceptors (Lipinski definition) is 6. The van der Waals surface area contributed by atoms with Gasteiger partial charge in [-0.25, -0.2) is 5.43 Å². The van der Waals surface area contributed by atoms with Crippen molar-refractivity contribution in [3.63, 3.8) is 0 Å². The maximum atomic E-state index is 11.8. The van der Waals surface area contributed by atoms with E-state index in [1.54, 1.807) is 24.5 Å². The van der Waals surface area contributed by atoms with Gasteiger partial charge in [0.1, 0.15) is 6.54 Å². The minimum absolute atomic E-state index is 0.0620. The number of tetrazole rings is 1. The molecule has 2 aromatic heterocycles. The van der Waals surface area contributed by atoms with Crippen LogP contribution in [0.2, 0.25) is 0 Å². The van der Waals surface area contributed by atoms with E-state index in [0.29, 0.717) is 5.82 Å². The fraction of sp³-hybridized carbons (Fsp3) is 0.0667. The lowest BCUT2D eigenvalue weighted by atomic mass is 10.2. The van der Waals surface area contributed by atoms with Gasteiger partial charge < -0.3 is 0 Å². The zero-order valence-corrected chi connectivity index (χ0v) is 12.1. The first-order valence-electron chi connectivity index (χ1n) is 6.86. The summed E-state index contributed by atoms with van der Waals surface area (Å²) >= 11 is 0. The zero-order valence-electron chi connectivity index (χ0n) is 12.1. The van der Waals surface area contributed by atoms with Crippen LogP contribution in [-0.2, 0) is 11.3 Å². The van der Waals surface area contributed by atoms with Gasteiger partial charge in [0.25, 0.3) is 5.91 Å².